The first-order chi connectivity index (χ1) is 24.7. The van der Waals surface area contributed by atoms with Crippen LogP contribution in [0.4, 0.5) is 0 Å². The molecule has 1 atom stereocenters. The minimum atomic E-state index is 0.102. The zero-order valence-electron chi connectivity index (χ0n) is 27.1. The lowest BCUT2D eigenvalue weighted by molar-refractivity contribution is 0.723. The fourth-order valence-corrected chi connectivity index (χ4v) is 8.15. The van der Waals surface area contributed by atoms with Crippen molar-refractivity contribution in [3.05, 3.63) is 161 Å². The largest absolute Gasteiger partial charge is 0.312 e. The Kier molecular flexibility index (Phi) is 6.84. The summed E-state index contributed by atoms with van der Waals surface area (Å²) in [5.41, 5.74) is 11.7. The topological polar surface area (TPSA) is 81.2 Å². The Morgan fingerprint density at radius 3 is 2.04 bits per heavy atom. The van der Waals surface area contributed by atoms with E-state index in [0.717, 1.165) is 79.8 Å². The van der Waals surface area contributed by atoms with Gasteiger partial charge in [0.05, 0.1) is 56.6 Å². The summed E-state index contributed by atoms with van der Waals surface area (Å²) in [5.74, 6) is 0.102. The average Bonchev–Trinajstić information content (AvgIpc) is 3.69. The minimum absolute atomic E-state index is 0.102. The average molecular weight is 640 g/mol. The maximum atomic E-state index is 10.6. The van der Waals surface area contributed by atoms with Gasteiger partial charge in [0.25, 0.3) is 0 Å². The molecule has 0 N–H and O–H groups in total. The molecule has 1 unspecified atom stereocenters. The minimum Gasteiger partial charge on any atom is -0.312 e. The van der Waals surface area contributed by atoms with Crippen LogP contribution in [0.5, 0.6) is 0 Å². The molecule has 0 radical (unpaired) electrons. The van der Waals surface area contributed by atoms with Gasteiger partial charge in [0.1, 0.15) is 6.07 Å². The van der Waals surface area contributed by atoms with Gasteiger partial charge in [0, 0.05) is 38.7 Å². The first-order valence-electron chi connectivity index (χ1n) is 16.9. The third-order valence-corrected chi connectivity index (χ3v) is 10.3. The van der Waals surface area contributed by atoms with Gasteiger partial charge in [0.15, 0.2) is 0 Å². The lowest BCUT2D eigenvalue weighted by Gasteiger charge is -2.29. The van der Waals surface area contributed by atoms with Gasteiger partial charge in [-0.1, -0.05) is 84.5 Å². The van der Waals surface area contributed by atoms with Crippen molar-refractivity contribution >= 4 is 54.9 Å². The SMILES string of the molecule is N#CC1=C(n2c3ccccc3c3cc(C#N)ccc32)CCC(C2CC=CC=C2c2ccccc2-n2c3ccccc3c3ccc(C#N)cc32)=C1. The van der Waals surface area contributed by atoms with E-state index in [9.17, 15) is 15.8 Å². The predicted octanol–water partition coefficient (Wildman–Crippen LogP) is 10.7. The van der Waals surface area contributed by atoms with Crippen LogP contribution in [-0.4, -0.2) is 9.13 Å². The van der Waals surface area contributed by atoms with Crippen molar-refractivity contribution in [2.24, 2.45) is 5.92 Å². The Hall–Kier alpha value is -6.87. The van der Waals surface area contributed by atoms with Gasteiger partial charge < -0.3 is 9.13 Å². The van der Waals surface area contributed by atoms with E-state index in [4.69, 9.17) is 0 Å². The van der Waals surface area contributed by atoms with Gasteiger partial charge in [0.2, 0.25) is 0 Å². The number of nitriles is 3. The van der Waals surface area contributed by atoms with Crippen LogP contribution in [0.3, 0.4) is 0 Å². The first-order valence-corrected chi connectivity index (χ1v) is 16.9. The molecule has 5 heteroatoms. The first kappa shape index (κ1) is 29.3. The molecule has 2 aliphatic carbocycles. The molecule has 2 aliphatic rings. The number of hydrogen-bond donors (Lipinski definition) is 0. The van der Waals surface area contributed by atoms with Crippen molar-refractivity contribution in [1.29, 1.82) is 15.8 Å². The highest BCUT2D eigenvalue weighted by Crippen LogP contribution is 2.45. The number of rotatable bonds is 4. The molecule has 5 aromatic carbocycles. The zero-order chi connectivity index (χ0) is 33.8. The lowest BCUT2D eigenvalue weighted by Crippen LogP contribution is -2.14. The van der Waals surface area contributed by atoms with Gasteiger partial charge in [-0.25, -0.2) is 0 Å². The number of allylic oxidation sites excluding steroid dienone is 8. The fourth-order valence-electron chi connectivity index (χ4n) is 8.15. The van der Waals surface area contributed by atoms with E-state index in [-0.39, 0.29) is 5.92 Å². The van der Waals surface area contributed by atoms with Crippen LogP contribution in [0.25, 0.3) is 60.6 Å². The Morgan fingerprint density at radius 2 is 1.24 bits per heavy atom. The molecule has 2 heterocycles. The van der Waals surface area contributed by atoms with E-state index in [0.29, 0.717) is 16.7 Å². The van der Waals surface area contributed by atoms with Gasteiger partial charge >= 0.3 is 0 Å². The maximum Gasteiger partial charge on any atom is 0.101 e. The number of nitrogens with zero attached hydrogens (tertiary/aromatic N) is 5. The summed E-state index contributed by atoms with van der Waals surface area (Å²) in [7, 11) is 0. The van der Waals surface area contributed by atoms with Gasteiger partial charge in [-0.2, -0.15) is 15.8 Å². The molecule has 0 spiro atoms. The van der Waals surface area contributed by atoms with Crippen molar-refractivity contribution in [3.8, 4) is 23.9 Å². The van der Waals surface area contributed by atoms with Crippen LogP contribution in [0.1, 0.15) is 36.0 Å². The molecular formula is C45H29N5. The van der Waals surface area contributed by atoms with E-state index in [2.05, 4.69) is 118 Å². The summed E-state index contributed by atoms with van der Waals surface area (Å²) in [5, 5.41) is 34.4. The molecule has 7 aromatic rings. The molecule has 0 fully saturated rings. The maximum absolute atomic E-state index is 10.6. The third-order valence-electron chi connectivity index (χ3n) is 10.3. The van der Waals surface area contributed by atoms with Crippen molar-refractivity contribution < 1.29 is 0 Å². The van der Waals surface area contributed by atoms with E-state index in [1.165, 1.54) is 11.1 Å². The van der Waals surface area contributed by atoms with Crippen molar-refractivity contribution in [2.75, 3.05) is 0 Å². The van der Waals surface area contributed by atoms with Crippen LogP contribution >= 0.6 is 0 Å². The van der Waals surface area contributed by atoms with E-state index in [1.807, 2.05) is 42.5 Å². The number of benzene rings is 5. The molecule has 5 nitrogen and oxygen atoms in total. The van der Waals surface area contributed by atoms with Gasteiger partial charge in [-0.05, 0) is 79.4 Å². The third kappa shape index (κ3) is 4.44. The highest BCUT2D eigenvalue weighted by atomic mass is 15.0. The van der Waals surface area contributed by atoms with Gasteiger partial charge in [-0.3, -0.25) is 0 Å². The highest BCUT2D eigenvalue weighted by molar-refractivity contribution is 6.11. The van der Waals surface area contributed by atoms with Crippen LogP contribution in [0.2, 0.25) is 0 Å². The molecule has 2 aromatic heterocycles. The Balaban J connectivity index is 1.19. The van der Waals surface area contributed by atoms with Gasteiger partial charge in [-0.15, -0.1) is 0 Å². The molecule has 0 bridgehead atoms. The number of fused-ring (bicyclic) bond motifs is 6. The lowest BCUT2D eigenvalue weighted by atomic mass is 9.77. The van der Waals surface area contributed by atoms with E-state index < -0.39 is 0 Å². The van der Waals surface area contributed by atoms with Crippen LogP contribution < -0.4 is 0 Å². The second-order valence-corrected chi connectivity index (χ2v) is 12.9. The number of aromatic nitrogens is 2. The van der Waals surface area contributed by atoms with E-state index in [1.54, 1.807) is 0 Å². The summed E-state index contributed by atoms with van der Waals surface area (Å²) in [4.78, 5) is 0. The standard InChI is InChI=1S/C45H29N5/c46-26-29-18-21-44-39(23-29)37-13-5-8-16-43(37)49(44)40-22-19-31(25-32(40)28-48)33-9-1-2-10-34(33)35-11-3-6-14-41(35)50-42-15-7-4-12-36(42)38-20-17-30(27-47)24-45(38)50/h1-8,10-18,20-21,23-25,33H,9,19,22H2. The Labute approximate surface area is 289 Å². The number of para-hydroxylation sites is 3. The molecule has 9 rings (SSSR count). The normalized spacial score (nSPS) is 16.0. The fraction of sp³-hybridized carbons (Fsp3) is 0.0889. The van der Waals surface area contributed by atoms with Crippen LogP contribution in [-0.2, 0) is 0 Å². The molecule has 0 amide bonds. The zero-order valence-corrected chi connectivity index (χ0v) is 27.1. The number of hydrogen-bond acceptors (Lipinski definition) is 3. The Morgan fingerprint density at radius 1 is 0.580 bits per heavy atom. The van der Waals surface area contributed by atoms with Crippen molar-refractivity contribution in [2.45, 2.75) is 19.3 Å². The summed E-state index contributed by atoms with van der Waals surface area (Å²) < 4.78 is 4.52. The van der Waals surface area contributed by atoms with Crippen molar-refractivity contribution in [3.63, 3.8) is 0 Å². The molecule has 0 saturated heterocycles. The van der Waals surface area contributed by atoms with Crippen LogP contribution in [0, 0.1) is 39.9 Å². The highest BCUT2D eigenvalue weighted by Gasteiger charge is 2.28. The summed E-state index contributed by atoms with van der Waals surface area (Å²) in [6.07, 6.45) is 11.1. The second-order valence-electron chi connectivity index (χ2n) is 12.9. The summed E-state index contributed by atoms with van der Waals surface area (Å²) in [6, 6.07) is 44.1. The summed E-state index contributed by atoms with van der Waals surface area (Å²) in [6.45, 7) is 0. The molecule has 0 saturated carbocycles. The molecule has 234 valence electrons. The van der Waals surface area contributed by atoms with E-state index >= 15 is 0 Å². The quantitative estimate of drug-likeness (QED) is 0.192. The smallest absolute Gasteiger partial charge is 0.101 e. The Bertz CT molecular complexity index is 2830. The molecular weight excluding hydrogens is 611 g/mol. The van der Waals surface area contributed by atoms with Crippen LogP contribution in [0.15, 0.2) is 145 Å². The molecule has 0 aliphatic heterocycles. The predicted molar refractivity (Wildman–Crippen MR) is 201 cm³/mol. The van der Waals surface area contributed by atoms with Crippen molar-refractivity contribution in [1.82, 2.24) is 9.13 Å². The second kappa shape index (κ2) is 11.7. The molecule has 50 heavy (non-hydrogen) atoms. The summed E-state index contributed by atoms with van der Waals surface area (Å²) >= 11 is 0. The monoisotopic (exact) mass is 639 g/mol.